The largest absolute Gasteiger partial charge is 0.480 e. The Labute approximate surface area is 180 Å². The molecule has 2 aromatic rings. The zero-order valence-corrected chi connectivity index (χ0v) is 17.1. The van der Waals surface area contributed by atoms with Gasteiger partial charge in [-0.15, -0.1) is 0 Å². The summed E-state index contributed by atoms with van der Waals surface area (Å²) in [7, 11) is 0. The van der Waals surface area contributed by atoms with E-state index in [1.807, 2.05) is 36.4 Å². The predicted molar refractivity (Wildman–Crippen MR) is 115 cm³/mol. The summed E-state index contributed by atoms with van der Waals surface area (Å²) in [5, 5.41) is 23.9. The van der Waals surface area contributed by atoms with E-state index in [1.54, 1.807) is 36.4 Å². The molecule has 0 bridgehead atoms. The third-order valence-corrected chi connectivity index (χ3v) is 4.35. The summed E-state index contributed by atoms with van der Waals surface area (Å²) in [5.41, 5.74) is 1.65. The normalized spacial score (nSPS) is 13.7. The Hall–Kier alpha value is -3.65. The van der Waals surface area contributed by atoms with Gasteiger partial charge in [0.15, 0.2) is 0 Å². The summed E-state index contributed by atoms with van der Waals surface area (Å²) < 4.78 is 5.06. The number of amides is 2. The molecule has 0 spiro atoms. The number of benzene rings is 2. The molecular formula is C23H26N2O6. The second-order valence-corrected chi connectivity index (χ2v) is 6.87. The van der Waals surface area contributed by atoms with Crippen molar-refractivity contribution in [2.75, 3.05) is 0 Å². The third-order valence-electron chi connectivity index (χ3n) is 4.35. The fraction of sp³-hybridized carbons (Fsp3) is 0.261. The minimum absolute atomic E-state index is 0.0111. The Morgan fingerprint density at radius 2 is 1.61 bits per heavy atom. The first-order chi connectivity index (χ1) is 14.9. The zero-order chi connectivity index (χ0) is 22.6. The minimum Gasteiger partial charge on any atom is -0.480 e. The number of alkyl carbamates (subject to hydrolysis) is 1. The van der Waals surface area contributed by atoms with E-state index >= 15 is 0 Å². The molecule has 4 N–H and O–H groups in total. The van der Waals surface area contributed by atoms with E-state index in [0.717, 1.165) is 11.1 Å². The molecule has 3 atom stereocenters. The van der Waals surface area contributed by atoms with Crippen LogP contribution in [0.5, 0.6) is 0 Å². The number of carboxylic acids is 1. The molecule has 2 rings (SSSR count). The maximum atomic E-state index is 12.5. The van der Waals surface area contributed by atoms with Crippen molar-refractivity contribution in [2.24, 2.45) is 0 Å². The average Bonchev–Trinajstić information content (AvgIpc) is 2.76. The molecule has 0 radical (unpaired) electrons. The van der Waals surface area contributed by atoms with Gasteiger partial charge in [0.05, 0.1) is 6.10 Å². The Kier molecular flexibility index (Phi) is 9.25. The molecule has 0 heterocycles. The highest BCUT2D eigenvalue weighted by molar-refractivity contribution is 5.89. The van der Waals surface area contributed by atoms with E-state index in [-0.39, 0.29) is 13.0 Å². The number of carbonyl (C=O) groups is 3. The van der Waals surface area contributed by atoms with Crippen LogP contribution in [-0.2, 0) is 20.9 Å². The van der Waals surface area contributed by atoms with E-state index in [9.17, 15) is 24.6 Å². The average molecular weight is 426 g/mol. The van der Waals surface area contributed by atoms with Crippen molar-refractivity contribution in [1.29, 1.82) is 0 Å². The first-order valence-corrected chi connectivity index (χ1v) is 9.77. The van der Waals surface area contributed by atoms with Gasteiger partial charge in [-0.1, -0.05) is 72.8 Å². The van der Waals surface area contributed by atoms with Gasteiger partial charge in [0.1, 0.15) is 18.7 Å². The van der Waals surface area contributed by atoms with Gasteiger partial charge in [-0.3, -0.25) is 4.79 Å². The van der Waals surface area contributed by atoms with Crippen molar-refractivity contribution in [3.8, 4) is 0 Å². The monoisotopic (exact) mass is 426 g/mol. The van der Waals surface area contributed by atoms with Gasteiger partial charge in [0.25, 0.3) is 0 Å². The highest BCUT2D eigenvalue weighted by Gasteiger charge is 2.29. The van der Waals surface area contributed by atoms with Gasteiger partial charge in [-0.05, 0) is 24.5 Å². The molecule has 0 unspecified atom stereocenters. The van der Waals surface area contributed by atoms with Crippen LogP contribution in [0.3, 0.4) is 0 Å². The highest BCUT2D eigenvalue weighted by atomic mass is 16.5. The molecule has 0 aliphatic rings. The SMILES string of the molecule is C[C@@H](O)[C@H](NC(=O)OCc1ccccc1)C(=O)N[C@@H](C/C=C/c1ccccc1)C(=O)O. The number of aliphatic carboxylic acids is 1. The first-order valence-electron chi connectivity index (χ1n) is 9.77. The molecule has 0 saturated carbocycles. The van der Waals surface area contributed by atoms with Crippen LogP contribution in [0.15, 0.2) is 66.7 Å². The van der Waals surface area contributed by atoms with Crippen LogP contribution in [0.25, 0.3) is 6.08 Å². The lowest BCUT2D eigenvalue weighted by atomic mass is 10.1. The molecule has 31 heavy (non-hydrogen) atoms. The zero-order valence-electron chi connectivity index (χ0n) is 17.1. The fourth-order valence-electron chi connectivity index (χ4n) is 2.68. The molecule has 8 nitrogen and oxygen atoms in total. The molecule has 164 valence electrons. The van der Waals surface area contributed by atoms with E-state index in [4.69, 9.17) is 4.74 Å². The van der Waals surface area contributed by atoms with Crippen LogP contribution < -0.4 is 10.6 Å². The van der Waals surface area contributed by atoms with Gasteiger partial charge in [-0.2, -0.15) is 0 Å². The third kappa shape index (κ3) is 8.31. The summed E-state index contributed by atoms with van der Waals surface area (Å²) >= 11 is 0. The quantitative estimate of drug-likeness (QED) is 0.462. The van der Waals surface area contributed by atoms with Crippen molar-refractivity contribution < 1.29 is 29.3 Å². The maximum Gasteiger partial charge on any atom is 0.408 e. The summed E-state index contributed by atoms with van der Waals surface area (Å²) in [6.45, 7) is 1.30. The van der Waals surface area contributed by atoms with E-state index < -0.39 is 36.2 Å². The summed E-state index contributed by atoms with van der Waals surface area (Å²) in [6.07, 6.45) is 1.24. The molecule has 0 aliphatic carbocycles. The van der Waals surface area contributed by atoms with Crippen LogP contribution in [0.2, 0.25) is 0 Å². The Morgan fingerprint density at radius 3 is 2.19 bits per heavy atom. The van der Waals surface area contributed by atoms with Gasteiger partial charge in [-0.25, -0.2) is 9.59 Å². The molecular weight excluding hydrogens is 400 g/mol. The van der Waals surface area contributed by atoms with Crippen LogP contribution in [0, 0.1) is 0 Å². The molecule has 0 aromatic heterocycles. The van der Waals surface area contributed by atoms with Gasteiger partial charge in [0, 0.05) is 0 Å². The van der Waals surface area contributed by atoms with Crippen molar-refractivity contribution in [2.45, 2.75) is 38.1 Å². The molecule has 8 heteroatoms. The van der Waals surface area contributed by atoms with Gasteiger partial charge >= 0.3 is 12.1 Å². The lowest BCUT2D eigenvalue weighted by Gasteiger charge is -2.22. The van der Waals surface area contributed by atoms with Crippen LogP contribution >= 0.6 is 0 Å². The van der Waals surface area contributed by atoms with E-state index in [2.05, 4.69) is 10.6 Å². The van der Waals surface area contributed by atoms with Crippen molar-refractivity contribution in [3.05, 3.63) is 77.9 Å². The molecule has 0 saturated heterocycles. The molecule has 2 amide bonds. The van der Waals surface area contributed by atoms with E-state index in [0.29, 0.717) is 0 Å². The second-order valence-electron chi connectivity index (χ2n) is 6.87. The van der Waals surface area contributed by atoms with Crippen molar-refractivity contribution in [1.82, 2.24) is 10.6 Å². The molecule has 2 aromatic carbocycles. The lowest BCUT2D eigenvalue weighted by Crippen LogP contribution is -2.55. The number of hydrogen-bond acceptors (Lipinski definition) is 5. The summed E-state index contributed by atoms with van der Waals surface area (Å²) in [6, 6.07) is 15.6. The smallest absolute Gasteiger partial charge is 0.408 e. The fourth-order valence-corrected chi connectivity index (χ4v) is 2.68. The minimum atomic E-state index is -1.37. The highest BCUT2D eigenvalue weighted by Crippen LogP contribution is 2.05. The van der Waals surface area contributed by atoms with E-state index in [1.165, 1.54) is 6.92 Å². The Morgan fingerprint density at radius 1 is 1.00 bits per heavy atom. The molecule has 0 aliphatic heterocycles. The number of rotatable bonds is 10. The van der Waals surface area contributed by atoms with Crippen molar-refractivity contribution >= 4 is 24.0 Å². The van der Waals surface area contributed by atoms with Gasteiger partial charge < -0.3 is 25.6 Å². The predicted octanol–water partition coefficient (Wildman–Crippen LogP) is 2.34. The number of ether oxygens (including phenoxy) is 1. The lowest BCUT2D eigenvalue weighted by molar-refractivity contribution is -0.142. The van der Waals surface area contributed by atoms with Crippen LogP contribution in [0.4, 0.5) is 4.79 Å². The van der Waals surface area contributed by atoms with Crippen molar-refractivity contribution in [3.63, 3.8) is 0 Å². The number of hydrogen-bond donors (Lipinski definition) is 4. The maximum absolute atomic E-state index is 12.5. The number of aliphatic hydroxyl groups is 1. The van der Waals surface area contributed by atoms with Crippen LogP contribution in [0.1, 0.15) is 24.5 Å². The van der Waals surface area contributed by atoms with Gasteiger partial charge in [0.2, 0.25) is 5.91 Å². The number of aliphatic hydroxyl groups excluding tert-OH is 1. The number of carbonyl (C=O) groups excluding carboxylic acids is 2. The standard InChI is InChI=1S/C23H26N2O6/c1-16(26)20(25-23(30)31-15-18-11-6-3-7-12-18)21(27)24-19(22(28)29)14-8-13-17-9-4-2-5-10-17/h2-13,16,19-20,26H,14-15H2,1H3,(H,24,27)(H,25,30)(H,28,29)/b13-8+/t16-,19+,20+/m1/s1. The Balaban J connectivity index is 1.92. The first kappa shape index (κ1) is 23.6. The molecule has 0 fully saturated rings. The number of carboxylic acid groups (broad SMARTS) is 1. The second kappa shape index (κ2) is 12.1. The van der Waals surface area contributed by atoms with Crippen LogP contribution in [-0.4, -0.2) is 46.4 Å². The summed E-state index contributed by atoms with van der Waals surface area (Å²) in [5.74, 6) is -2.06. The topological polar surface area (TPSA) is 125 Å². The Bertz CT molecular complexity index is 883. The number of nitrogens with one attached hydrogen (secondary N) is 2. The summed E-state index contributed by atoms with van der Waals surface area (Å²) in [4.78, 5) is 36.1.